The Morgan fingerprint density at radius 3 is 2.09 bits per heavy atom. The summed E-state index contributed by atoms with van der Waals surface area (Å²) < 4.78 is 40.0. The van der Waals surface area contributed by atoms with Gasteiger partial charge in [0.1, 0.15) is 0 Å². The molecule has 0 aliphatic carbocycles. The fourth-order valence-corrected chi connectivity index (χ4v) is 3.21. The van der Waals surface area contributed by atoms with Crippen molar-refractivity contribution in [1.29, 1.82) is 0 Å². The molecule has 0 fully saturated rings. The van der Waals surface area contributed by atoms with Crippen LogP contribution in [0.1, 0.15) is 27.0 Å². The second-order valence-electron chi connectivity index (χ2n) is 7.00. The predicted molar refractivity (Wildman–Crippen MR) is 120 cm³/mol. The fourth-order valence-electron chi connectivity index (χ4n) is 2.95. The third-order valence-corrected chi connectivity index (χ3v) is 5.05. The van der Waals surface area contributed by atoms with Gasteiger partial charge in [0.15, 0.2) is 0 Å². The van der Waals surface area contributed by atoms with Gasteiger partial charge in [-0.05, 0) is 65.7 Å². The molecule has 5 nitrogen and oxygen atoms in total. The number of carbonyl (C=O) groups excluding carboxylic acids is 2. The number of nitrogens with two attached hydrogens (primary N) is 1. The monoisotopic (exact) mass is 505 g/mol. The summed E-state index contributed by atoms with van der Waals surface area (Å²) >= 11 is 3.31. The molecule has 0 atom stereocenters. The van der Waals surface area contributed by atoms with Gasteiger partial charge in [-0.25, -0.2) is 0 Å². The van der Waals surface area contributed by atoms with Crippen LogP contribution in [0.5, 0.6) is 0 Å². The van der Waals surface area contributed by atoms with E-state index in [-0.39, 0.29) is 30.1 Å². The molecular formula is C23H19BrF3N3O2. The fraction of sp³-hybridized carbons (Fsp3) is 0.130. The Morgan fingerprint density at radius 2 is 1.50 bits per heavy atom. The van der Waals surface area contributed by atoms with Crippen molar-refractivity contribution < 1.29 is 22.8 Å². The number of benzene rings is 3. The van der Waals surface area contributed by atoms with Gasteiger partial charge in [0.2, 0.25) is 5.91 Å². The van der Waals surface area contributed by atoms with Crippen LogP contribution in [0.4, 0.5) is 24.5 Å². The lowest BCUT2D eigenvalue weighted by Gasteiger charge is -2.13. The number of hydrogen-bond donors (Lipinski definition) is 3. The minimum absolute atomic E-state index is 0.0312. The Morgan fingerprint density at radius 1 is 0.844 bits per heavy atom. The summed E-state index contributed by atoms with van der Waals surface area (Å²) in [5, 5.41) is 5.24. The van der Waals surface area contributed by atoms with Crippen LogP contribution in [-0.4, -0.2) is 11.8 Å². The van der Waals surface area contributed by atoms with Crippen molar-refractivity contribution in [1.82, 2.24) is 0 Å². The van der Waals surface area contributed by atoms with Crippen LogP contribution in [0.2, 0.25) is 0 Å². The number of alkyl halides is 3. The molecule has 32 heavy (non-hydrogen) atoms. The van der Waals surface area contributed by atoms with E-state index in [1.165, 1.54) is 6.07 Å². The van der Waals surface area contributed by atoms with Crippen LogP contribution in [0.3, 0.4) is 0 Å². The first kappa shape index (κ1) is 23.5. The van der Waals surface area contributed by atoms with E-state index >= 15 is 0 Å². The smallest absolute Gasteiger partial charge is 0.326 e. The van der Waals surface area contributed by atoms with E-state index in [0.717, 1.165) is 16.6 Å². The highest BCUT2D eigenvalue weighted by Crippen LogP contribution is 2.32. The van der Waals surface area contributed by atoms with Crippen LogP contribution in [0.15, 0.2) is 71.2 Å². The minimum atomic E-state index is -4.54. The predicted octanol–water partition coefficient (Wildman–Crippen LogP) is 5.36. The molecule has 3 rings (SSSR count). The van der Waals surface area contributed by atoms with Crippen molar-refractivity contribution in [3.63, 3.8) is 0 Å². The maximum absolute atomic E-state index is 13.0. The van der Waals surface area contributed by atoms with Gasteiger partial charge in [-0.2, -0.15) is 13.2 Å². The lowest BCUT2D eigenvalue weighted by molar-refractivity contribution is -0.137. The standard InChI is InChI=1S/C23H19BrF3N3O2/c24-18-5-3-16(4-6-18)22(32)30-19-7-1-14(2-8-19)11-21(31)29-20-10-15(13-28)9-17(12-20)23(25,26)27/h1-10,12H,11,13,28H2,(H,29,31)(H,30,32). The SMILES string of the molecule is NCc1cc(NC(=O)Cc2ccc(NC(=O)c3ccc(Br)cc3)cc2)cc(C(F)(F)F)c1. The average Bonchev–Trinajstić information content (AvgIpc) is 2.74. The van der Waals surface area contributed by atoms with Gasteiger partial charge in [0.05, 0.1) is 12.0 Å². The Kier molecular flexibility index (Phi) is 7.32. The molecule has 4 N–H and O–H groups in total. The van der Waals surface area contributed by atoms with E-state index in [4.69, 9.17) is 5.73 Å². The van der Waals surface area contributed by atoms with Gasteiger partial charge in [-0.3, -0.25) is 9.59 Å². The molecule has 0 radical (unpaired) electrons. The van der Waals surface area contributed by atoms with Crippen LogP contribution in [-0.2, 0) is 23.9 Å². The molecule has 0 aliphatic rings. The number of anilines is 2. The molecule has 0 heterocycles. The number of carbonyl (C=O) groups is 2. The number of halogens is 4. The Bertz CT molecular complexity index is 1110. The number of rotatable bonds is 6. The minimum Gasteiger partial charge on any atom is -0.326 e. The molecule has 0 aliphatic heterocycles. The first-order valence-electron chi connectivity index (χ1n) is 9.51. The second kappa shape index (κ2) is 9.97. The molecular weight excluding hydrogens is 487 g/mol. The van der Waals surface area contributed by atoms with Gasteiger partial charge >= 0.3 is 6.18 Å². The van der Waals surface area contributed by atoms with E-state index in [2.05, 4.69) is 26.6 Å². The van der Waals surface area contributed by atoms with Crippen molar-refractivity contribution >= 4 is 39.1 Å². The first-order valence-corrected chi connectivity index (χ1v) is 10.3. The van der Waals surface area contributed by atoms with Crippen molar-refractivity contribution in [2.45, 2.75) is 19.1 Å². The van der Waals surface area contributed by atoms with Crippen molar-refractivity contribution in [2.24, 2.45) is 5.73 Å². The summed E-state index contributed by atoms with van der Waals surface area (Å²) in [5.41, 5.74) is 6.57. The first-order chi connectivity index (χ1) is 15.1. The largest absolute Gasteiger partial charge is 0.416 e. The molecule has 166 valence electrons. The molecule has 0 spiro atoms. The van der Waals surface area contributed by atoms with Gasteiger partial charge in [-0.1, -0.05) is 28.1 Å². The number of amides is 2. The molecule has 0 bridgehead atoms. The zero-order valence-electron chi connectivity index (χ0n) is 16.7. The van der Waals surface area contributed by atoms with E-state index < -0.39 is 17.6 Å². The molecule has 3 aromatic rings. The van der Waals surface area contributed by atoms with Gasteiger partial charge < -0.3 is 16.4 Å². The number of hydrogen-bond acceptors (Lipinski definition) is 3. The Labute approximate surface area is 190 Å². The van der Waals surface area contributed by atoms with Gasteiger partial charge in [0.25, 0.3) is 5.91 Å². The lowest BCUT2D eigenvalue weighted by Crippen LogP contribution is -2.16. The average molecular weight is 506 g/mol. The maximum atomic E-state index is 13.0. The third kappa shape index (κ3) is 6.41. The van der Waals surface area contributed by atoms with Crippen molar-refractivity contribution in [2.75, 3.05) is 10.6 Å². The molecule has 0 saturated heterocycles. The van der Waals surface area contributed by atoms with E-state index in [1.54, 1.807) is 48.5 Å². The van der Waals surface area contributed by atoms with Crippen LogP contribution in [0, 0.1) is 0 Å². The van der Waals surface area contributed by atoms with Crippen molar-refractivity contribution in [3.8, 4) is 0 Å². The molecule has 2 amide bonds. The summed E-state index contributed by atoms with van der Waals surface area (Å²) in [6.07, 6.45) is -4.59. The molecule has 9 heteroatoms. The van der Waals surface area contributed by atoms with Gasteiger partial charge in [-0.15, -0.1) is 0 Å². The molecule has 3 aromatic carbocycles. The summed E-state index contributed by atoms with van der Waals surface area (Å²) in [4.78, 5) is 24.6. The zero-order valence-corrected chi connectivity index (χ0v) is 18.3. The van der Waals surface area contributed by atoms with Gasteiger partial charge in [0, 0.05) is 28.0 Å². The van der Waals surface area contributed by atoms with Crippen LogP contribution < -0.4 is 16.4 Å². The normalized spacial score (nSPS) is 11.2. The second-order valence-corrected chi connectivity index (χ2v) is 7.92. The molecule has 0 unspecified atom stereocenters. The lowest BCUT2D eigenvalue weighted by atomic mass is 10.1. The summed E-state index contributed by atoms with van der Waals surface area (Å²) in [5.74, 6) is -0.748. The van der Waals surface area contributed by atoms with Crippen molar-refractivity contribution in [3.05, 3.63) is 93.5 Å². The Hall–Kier alpha value is -3.17. The summed E-state index contributed by atoms with van der Waals surface area (Å²) in [6.45, 7) is -0.0831. The Balaban J connectivity index is 1.62. The maximum Gasteiger partial charge on any atom is 0.416 e. The summed E-state index contributed by atoms with van der Waals surface area (Å²) in [7, 11) is 0. The van der Waals surface area contributed by atoms with E-state index in [0.29, 0.717) is 16.8 Å². The topological polar surface area (TPSA) is 84.2 Å². The quantitative estimate of drug-likeness (QED) is 0.421. The van der Waals surface area contributed by atoms with E-state index in [1.807, 2.05) is 0 Å². The third-order valence-electron chi connectivity index (χ3n) is 4.52. The highest BCUT2D eigenvalue weighted by Gasteiger charge is 2.31. The molecule has 0 saturated carbocycles. The highest BCUT2D eigenvalue weighted by molar-refractivity contribution is 9.10. The highest BCUT2D eigenvalue weighted by atomic mass is 79.9. The zero-order chi connectivity index (χ0) is 23.3. The summed E-state index contributed by atoms with van der Waals surface area (Å²) in [6, 6.07) is 16.7. The van der Waals surface area contributed by atoms with Crippen LogP contribution >= 0.6 is 15.9 Å². The molecule has 0 aromatic heterocycles. The van der Waals surface area contributed by atoms with Crippen LogP contribution in [0.25, 0.3) is 0 Å². The number of nitrogens with one attached hydrogen (secondary N) is 2. The van der Waals surface area contributed by atoms with E-state index in [9.17, 15) is 22.8 Å².